The van der Waals surface area contributed by atoms with Crippen LogP contribution in [0.2, 0.25) is 0 Å². The summed E-state index contributed by atoms with van der Waals surface area (Å²) in [6.45, 7) is 1.98. The molecule has 0 aliphatic heterocycles. The van der Waals surface area contributed by atoms with Crippen LogP contribution in [0.25, 0.3) is 0 Å². The van der Waals surface area contributed by atoms with Crippen molar-refractivity contribution in [2.24, 2.45) is 0 Å². The van der Waals surface area contributed by atoms with Crippen LogP contribution < -0.4 is 4.74 Å². The number of methoxy groups -OCH3 is 1. The molecule has 0 aliphatic rings. The molecule has 96 valence electrons. The Kier molecular flexibility index (Phi) is 4.20. The van der Waals surface area contributed by atoms with E-state index in [4.69, 9.17) is 20.9 Å². The van der Waals surface area contributed by atoms with Crippen LogP contribution in [0, 0.1) is 0 Å². The third-order valence-corrected chi connectivity index (χ3v) is 3.16. The number of hydrogen-bond donors (Lipinski definition) is 0. The molecule has 18 heavy (non-hydrogen) atoms. The van der Waals surface area contributed by atoms with E-state index < -0.39 is 0 Å². The van der Waals surface area contributed by atoms with Gasteiger partial charge in [0.25, 0.3) is 0 Å². The molecule has 0 N–H and O–H groups in total. The molecular formula is C13H15ClN2O2. The topological polar surface area (TPSA) is 48.2 Å². The molecule has 0 saturated heterocycles. The third-order valence-electron chi connectivity index (χ3n) is 2.66. The highest BCUT2D eigenvalue weighted by Gasteiger charge is 2.15. The van der Waals surface area contributed by atoms with Crippen LogP contribution in [-0.4, -0.2) is 17.3 Å². The zero-order valence-electron chi connectivity index (χ0n) is 10.4. The lowest BCUT2D eigenvalue weighted by Crippen LogP contribution is -1.95. The second kappa shape index (κ2) is 5.87. The van der Waals surface area contributed by atoms with E-state index in [1.807, 2.05) is 31.2 Å². The van der Waals surface area contributed by atoms with Gasteiger partial charge in [-0.2, -0.15) is 4.98 Å². The zero-order valence-corrected chi connectivity index (χ0v) is 11.1. The van der Waals surface area contributed by atoms with E-state index in [9.17, 15) is 0 Å². The Morgan fingerprint density at radius 3 is 2.89 bits per heavy atom. The first kappa shape index (κ1) is 12.9. The molecule has 0 spiro atoms. The van der Waals surface area contributed by atoms with Crippen molar-refractivity contribution in [1.29, 1.82) is 0 Å². The molecule has 0 bridgehead atoms. The molecule has 0 radical (unpaired) electrons. The summed E-state index contributed by atoms with van der Waals surface area (Å²) >= 11 is 6.06. The number of hydrogen-bond acceptors (Lipinski definition) is 4. The number of ether oxygens (including phenoxy) is 1. The van der Waals surface area contributed by atoms with Crippen molar-refractivity contribution in [1.82, 2.24) is 10.1 Å². The summed E-state index contributed by atoms with van der Waals surface area (Å²) in [5.41, 5.74) is 1.01. The molecule has 4 nitrogen and oxygen atoms in total. The van der Waals surface area contributed by atoms with E-state index in [-0.39, 0.29) is 5.38 Å². The average molecular weight is 267 g/mol. The van der Waals surface area contributed by atoms with Crippen LogP contribution in [-0.2, 0) is 6.42 Å². The third kappa shape index (κ3) is 2.82. The normalized spacial score (nSPS) is 12.4. The molecule has 1 aromatic heterocycles. The molecule has 1 aromatic carbocycles. The predicted octanol–water partition coefficient (Wildman–Crippen LogP) is 3.36. The van der Waals surface area contributed by atoms with Gasteiger partial charge in [0.2, 0.25) is 5.89 Å². The summed E-state index contributed by atoms with van der Waals surface area (Å²) in [5.74, 6) is 1.91. The zero-order chi connectivity index (χ0) is 13.0. The number of aromatic nitrogens is 2. The van der Waals surface area contributed by atoms with E-state index >= 15 is 0 Å². The van der Waals surface area contributed by atoms with Gasteiger partial charge in [0.05, 0.1) is 18.9 Å². The molecular weight excluding hydrogens is 252 g/mol. The lowest BCUT2D eigenvalue weighted by molar-refractivity contribution is 0.373. The van der Waals surface area contributed by atoms with E-state index in [0.29, 0.717) is 18.1 Å². The van der Waals surface area contributed by atoms with Gasteiger partial charge in [0, 0.05) is 5.56 Å². The Balaban J connectivity index is 2.16. The molecule has 1 atom stereocenters. The molecule has 0 aliphatic carbocycles. The molecule has 2 rings (SSSR count). The van der Waals surface area contributed by atoms with Gasteiger partial charge in [0.1, 0.15) is 5.75 Å². The Morgan fingerprint density at radius 2 is 2.17 bits per heavy atom. The Labute approximate surface area is 111 Å². The Morgan fingerprint density at radius 1 is 1.39 bits per heavy atom. The van der Waals surface area contributed by atoms with E-state index in [2.05, 4.69) is 10.1 Å². The maximum absolute atomic E-state index is 6.06. The first-order chi connectivity index (χ1) is 8.74. The summed E-state index contributed by atoms with van der Waals surface area (Å²) in [6, 6.07) is 7.75. The Bertz CT molecular complexity index is 513. The van der Waals surface area contributed by atoms with E-state index in [0.717, 1.165) is 17.7 Å². The number of halogens is 1. The van der Waals surface area contributed by atoms with Crippen LogP contribution in [0.3, 0.4) is 0 Å². The molecule has 0 saturated carbocycles. The minimum Gasteiger partial charge on any atom is -0.496 e. The average Bonchev–Trinajstić information content (AvgIpc) is 2.87. The fourth-order valence-corrected chi connectivity index (χ4v) is 1.75. The second-order valence-corrected chi connectivity index (χ2v) is 4.44. The lowest BCUT2D eigenvalue weighted by atomic mass is 10.1. The van der Waals surface area contributed by atoms with Crippen molar-refractivity contribution in [3.05, 3.63) is 41.5 Å². The van der Waals surface area contributed by atoms with Gasteiger partial charge in [-0.1, -0.05) is 30.3 Å². The smallest absolute Gasteiger partial charge is 0.231 e. The molecule has 2 aromatic rings. The number of para-hydroxylation sites is 1. The van der Waals surface area contributed by atoms with Crippen molar-refractivity contribution in [3.63, 3.8) is 0 Å². The fourth-order valence-electron chi connectivity index (χ4n) is 1.66. The first-order valence-electron chi connectivity index (χ1n) is 5.83. The highest BCUT2D eigenvalue weighted by molar-refractivity contribution is 6.20. The van der Waals surface area contributed by atoms with E-state index in [1.165, 1.54) is 0 Å². The summed E-state index contributed by atoms with van der Waals surface area (Å²) in [7, 11) is 1.64. The van der Waals surface area contributed by atoms with Crippen LogP contribution in [0.15, 0.2) is 28.8 Å². The van der Waals surface area contributed by atoms with Crippen molar-refractivity contribution >= 4 is 11.6 Å². The fraction of sp³-hybridized carbons (Fsp3) is 0.385. The van der Waals surface area contributed by atoms with Gasteiger partial charge in [-0.3, -0.25) is 0 Å². The van der Waals surface area contributed by atoms with Crippen LogP contribution in [0.4, 0.5) is 0 Å². The standard InChI is InChI=1S/C13H15ClN2O2/c1-3-10(14)13-15-12(18-16-13)8-9-6-4-5-7-11(9)17-2/h4-7,10H,3,8H2,1-2H3. The first-order valence-corrected chi connectivity index (χ1v) is 6.26. The summed E-state index contributed by atoms with van der Waals surface area (Å²) in [5, 5.41) is 3.69. The highest BCUT2D eigenvalue weighted by Crippen LogP contribution is 2.23. The Hall–Kier alpha value is -1.55. The second-order valence-electron chi connectivity index (χ2n) is 3.91. The van der Waals surface area contributed by atoms with Crippen LogP contribution in [0.5, 0.6) is 5.75 Å². The summed E-state index contributed by atoms with van der Waals surface area (Å²) in [4.78, 5) is 4.29. The maximum atomic E-state index is 6.06. The number of nitrogens with zero attached hydrogens (tertiary/aromatic N) is 2. The monoisotopic (exact) mass is 266 g/mol. The molecule has 5 heteroatoms. The molecule has 1 unspecified atom stereocenters. The van der Waals surface area contributed by atoms with Crippen molar-refractivity contribution in [2.75, 3.05) is 7.11 Å². The van der Waals surface area contributed by atoms with Gasteiger partial charge < -0.3 is 9.26 Å². The molecule has 1 heterocycles. The predicted molar refractivity (Wildman–Crippen MR) is 69.0 cm³/mol. The summed E-state index contributed by atoms with van der Waals surface area (Å²) in [6.07, 6.45) is 1.32. The lowest BCUT2D eigenvalue weighted by Gasteiger charge is -2.04. The van der Waals surface area contributed by atoms with Gasteiger partial charge >= 0.3 is 0 Å². The van der Waals surface area contributed by atoms with Crippen molar-refractivity contribution < 1.29 is 9.26 Å². The SMILES string of the molecule is CCC(Cl)c1noc(Cc2ccccc2OC)n1. The minimum absolute atomic E-state index is 0.194. The minimum atomic E-state index is -0.194. The number of alkyl halides is 1. The van der Waals surface area contributed by atoms with Gasteiger partial charge in [-0.25, -0.2) is 0 Å². The van der Waals surface area contributed by atoms with Crippen LogP contribution >= 0.6 is 11.6 Å². The van der Waals surface area contributed by atoms with Crippen molar-refractivity contribution in [2.45, 2.75) is 25.1 Å². The van der Waals surface area contributed by atoms with Gasteiger partial charge in [-0.05, 0) is 12.5 Å². The van der Waals surface area contributed by atoms with E-state index in [1.54, 1.807) is 7.11 Å². The molecule has 0 amide bonds. The number of benzene rings is 1. The number of rotatable bonds is 5. The van der Waals surface area contributed by atoms with Gasteiger partial charge in [-0.15, -0.1) is 11.6 Å². The van der Waals surface area contributed by atoms with Crippen LogP contribution in [0.1, 0.15) is 36.0 Å². The van der Waals surface area contributed by atoms with Crippen molar-refractivity contribution in [3.8, 4) is 5.75 Å². The largest absolute Gasteiger partial charge is 0.496 e. The van der Waals surface area contributed by atoms with Gasteiger partial charge in [0.15, 0.2) is 5.82 Å². The summed E-state index contributed by atoms with van der Waals surface area (Å²) < 4.78 is 10.5. The molecule has 0 fully saturated rings. The maximum Gasteiger partial charge on any atom is 0.231 e. The highest BCUT2D eigenvalue weighted by atomic mass is 35.5. The quantitative estimate of drug-likeness (QED) is 0.779.